The van der Waals surface area contributed by atoms with Crippen LogP contribution in [0, 0.1) is 0 Å². The van der Waals surface area contributed by atoms with Gasteiger partial charge in [0.15, 0.2) is 0 Å². The molecule has 0 unspecified atom stereocenters. The van der Waals surface area contributed by atoms with Gasteiger partial charge in [0.1, 0.15) is 0 Å². The van der Waals surface area contributed by atoms with Crippen molar-refractivity contribution in [1.82, 2.24) is 0 Å². The van der Waals surface area contributed by atoms with Crippen LogP contribution in [0.15, 0.2) is 0 Å². The molecule has 0 saturated carbocycles. The first kappa shape index (κ1) is 18.2. The van der Waals surface area contributed by atoms with Gasteiger partial charge >= 0.3 is 29.6 Å². The molecule has 0 aliphatic rings. The summed E-state index contributed by atoms with van der Waals surface area (Å²) >= 11 is 0. The van der Waals surface area contributed by atoms with E-state index in [0.717, 1.165) is 12.8 Å². The van der Waals surface area contributed by atoms with Crippen molar-refractivity contribution in [1.29, 1.82) is 0 Å². The Balaban J connectivity index is 0. The SMILES string of the molecule is CCCCCCCOCCS(=O)(=O)[O-].[Na+]. The van der Waals surface area contributed by atoms with Gasteiger partial charge in [-0.25, -0.2) is 8.42 Å². The summed E-state index contributed by atoms with van der Waals surface area (Å²) in [5.74, 6) is -0.415. The maximum atomic E-state index is 10.2. The Morgan fingerprint density at radius 1 is 1.07 bits per heavy atom. The second-order valence-corrected chi connectivity index (χ2v) is 4.81. The van der Waals surface area contributed by atoms with Crippen LogP contribution in [0.2, 0.25) is 0 Å². The Kier molecular flexibility index (Phi) is 13.8. The first-order chi connectivity index (χ1) is 6.56. The van der Waals surface area contributed by atoms with Crippen LogP contribution in [0.25, 0.3) is 0 Å². The summed E-state index contributed by atoms with van der Waals surface area (Å²) in [5, 5.41) is 0. The summed E-state index contributed by atoms with van der Waals surface area (Å²) in [7, 11) is -4.10. The van der Waals surface area contributed by atoms with Gasteiger partial charge in [-0.2, -0.15) is 0 Å². The van der Waals surface area contributed by atoms with Crippen LogP contribution < -0.4 is 29.6 Å². The normalized spacial score (nSPS) is 11.1. The van der Waals surface area contributed by atoms with E-state index >= 15 is 0 Å². The molecule has 86 valence electrons. The molecule has 0 amide bonds. The minimum absolute atomic E-state index is 0. The Labute approximate surface area is 115 Å². The minimum atomic E-state index is -4.10. The molecular formula is C9H19NaO4S. The number of unbranched alkanes of at least 4 members (excludes halogenated alkanes) is 4. The molecular weight excluding hydrogens is 227 g/mol. The van der Waals surface area contributed by atoms with Crippen molar-refractivity contribution >= 4 is 10.1 Å². The molecule has 0 aromatic rings. The van der Waals surface area contributed by atoms with E-state index in [1.54, 1.807) is 0 Å². The van der Waals surface area contributed by atoms with Gasteiger partial charge in [0.25, 0.3) is 0 Å². The van der Waals surface area contributed by atoms with E-state index in [9.17, 15) is 13.0 Å². The molecule has 0 aromatic carbocycles. The quantitative estimate of drug-likeness (QED) is 0.283. The van der Waals surface area contributed by atoms with Crippen LogP contribution in [0.4, 0.5) is 0 Å². The average Bonchev–Trinajstić information content (AvgIpc) is 2.08. The van der Waals surface area contributed by atoms with E-state index in [0.29, 0.717) is 6.61 Å². The summed E-state index contributed by atoms with van der Waals surface area (Å²) in [6, 6.07) is 0. The topological polar surface area (TPSA) is 66.4 Å². The zero-order valence-corrected chi connectivity index (χ0v) is 12.5. The van der Waals surface area contributed by atoms with Gasteiger partial charge in [0, 0.05) is 6.61 Å². The second kappa shape index (κ2) is 11.4. The van der Waals surface area contributed by atoms with Gasteiger partial charge in [-0.05, 0) is 6.42 Å². The number of hydrogen-bond acceptors (Lipinski definition) is 4. The fourth-order valence-corrected chi connectivity index (χ4v) is 1.39. The van der Waals surface area contributed by atoms with Gasteiger partial charge in [0.2, 0.25) is 0 Å². The van der Waals surface area contributed by atoms with Crippen molar-refractivity contribution in [3.05, 3.63) is 0 Å². The van der Waals surface area contributed by atoms with Crippen molar-refractivity contribution in [2.45, 2.75) is 39.0 Å². The summed E-state index contributed by atoms with van der Waals surface area (Å²) in [4.78, 5) is 0. The van der Waals surface area contributed by atoms with Crippen molar-refractivity contribution in [3.63, 3.8) is 0 Å². The van der Waals surface area contributed by atoms with Crippen LogP contribution >= 0.6 is 0 Å². The zero-order chi connectivity index (χ0) is 10.9. The summed E-state index contributed by atoms with van der Waals surface area (Å²) in [6.45, 7) is 2.73. The second-order valence-electron chi connectivity index (χ2n) is 3.29. The van der Waals surface area contributed by atoms with E-state index in [1.165, 1.54) is 19.3 Å². The monoisotopic (exact) mass is 246 g/mol. The van der Waals surface area contributed by atoms with Crippen molar-refractivity contribution < 1.29 is 47.3 Å². The van der Waals surface area contributed by atoms with E-state index < -0.39 is 15.9 Å². The van der Waals surface area contributed by atoms with Crippen LogP contribution in [0.3, 0.4) is 0 Å². The maximum Gasteiger partial charge on any atom is 1.00 e. The van der Waals surface area contributed by atoms with Gasteiger partial charge in [-0.3, -0.25) is 0 Å². The molecule has 0 spiro atoms. The molecule has 0 heterocycles. The number of rotatable bonds is 9. The number of ether oxygens (including phenoxy) is 1. The van der Waals surface area contributed by atoms with Crippen LogP contribution in [-0.4, -0.2) is 31.9 Å². The zero-order valence-electron chi connectivity index (χ0n) is 9.70. The van der Waals surface area contributed by atoms with Crippen molar-refractivity contribution in [2.24, 2.45) is 0 Å². The third-order valence-corrected chi connectivity index (χ3v) is 2.54. The summed E-state index contributed by atoms with van der Waals surface area (Å²) in [6.07, 6.45) is 5.68. The Morgan fingerprint density at radius 2 is 1.67 bits per heavy atom. The smallest absolute Gasteiger partial charge is 0.748 e. The first-order valence-electron chi connectivity index (χ1n) is 5.07. The number of hydrogen-bond donors (Lipinski definition) is 0. The molecule has 0 aromatic heterocycles. The molecule has 0 fully saturated rings. The predicted octanol–water partition coefficient (Wildman–Crippen LogP) is -1.48. The van der Waals surface area contributed by atoms with Crippen molar-refractivity contribution in [3.8, 4) is 0 Å². The van der Waals surface area contributed by atoms with E-state index in [4.69, 9.17) is 4.74 Å². The van der Waals surface area contributed by atoms with Gasteiger partial charge in [-0.15, -0.1) is 0 Å². The van der Waals surface area contributed by atoms with Crippen LogP contribution in [0.1, 0.15) is 39.0 Å². The predicted molar refractivity (Wildman–Crippen MR) is 54.1 cm³/mol. The third kappa shape index (κ3) is 17.5. The molecule has 0 atom stereocenters. The molecule has 0 rings (SSSR count). The van der Waals surface area contributed by atoms with Gasteiger partial charge in [-0.1, -0.05) is 32.6 Å². The largest absolute Gasteiger partial charge is 1.00 e. The first-order valence-corrected chi connectivity index (χ1v) is 6.65. The standard InChI is InChI=1S/C9H20O4S.Na/c1-2-3-4-5-6-7-13-8-9-14(10,11)12;/h2-9H2,1H3,(H,10,11,12);/q;+1/p-1. The van der Waals surface area contributed by atoms with Gasteiger partial charge in [0.05, 0.1) is 22.5 Å². The van der Waals surface area contributed by atoms with Crippen LogP contribution in [-0.2, 0) is 14.9 Å². The summed E-state index contributed by atoms with van der Waals surface area (Å²) in [5.41, 5.74) is 0. The minimum Gasteiger partial charge on any atom is -0.748 e. The molecule has 4 nitrogen and oxygen atoms in total. The van der Waals surface area contributed by atoms with E-state index in [1.807, 2.05) is 0 Å². The third-order valence-electron chi connectivity index (χ3n) is 1.87. The molecule has 0 aliphatic carbocycles. The molecule has 0 radical (unpaired) electrons. The molecule has 0 N–H and O–H groups in total. The van der Waals surface area contributed by atoms with E-state index in [-0.39, 0.29) is 36.2 Å². The summed E-state index contributed by atoms with van der Waals surface area (Å²) < 4.78 is 35.5. The van der Waals surface area contributed by atoms with E-state index in [2.05, 4.69) is 6.92 Å². The fraction of sp³-hybridized carbons (Fsp3) is 1.00. The van der Waals surface area contributed by atoms with Crippen molar-refractivity contribution in [2.75, 3.05) is 19.0 Å². The van der Waals surface area contributed by atoms with Gasteiger partial charge < -0.3 is 9.29 Å². The van der Waals surface area contributed by atoms with Crippen LogP contribution in [0.5, 0.6) is 0 Å². The average molecular weight is 246 g/mol. The molecule has 0 bridgehead atoms. The molecule has 0 aliphatic heterocycles. The Hall–Kier alpha value is 0.870. The fourth-order valence-electron chi connectivity index (χ4n) is 1.07. The Morgan fingerprint density at radius 3 is 2.20 bits per heavy atom. The maximum absolute atomic E-state index is 10.2. The molecule has 0 saturated heterocycles. The molecule has 6 heteroatoms. The Bertz CT molecular complexity index is 216. The molecule has 15 heavy (non-hydrogen) atoms.